The molecule has 1 rings (SSSR count). The number of aromatic amines is 1. The Hall–Kier alpha value is -1.34. The van der Waals surface area contributed by atoms with Crippen molar-refractivity contribution >= 4 is 15.8 Å². The zero-order valence-corrected chi connectivity index (χ0v) is 10.6. The summed E-state index contributed by atoms with van der Waals surface area (Å²) in [6.45, 7) is 0.859. The van der Waals surface area contributed by atoms with Gasteiger partial charge in [0.05, 0.1) is 12.9 Å². The summed E-state index contributed by atoms with van der Waals surface area (Å²) in [6.07, 6.45) is 1.19. The van der Waals surface area contributed by atoms with Gasteiger partial charge in [0.2, 0.25) is 0 Å². The Kier molecular flexibility index (Phi) is 4.71. The number of carbonyl (C=O) groups excluding carboxylic acids is 1. The van der Waals surface area contributed by atoms with Crippen molar-refractivity contribution in [2.45, 2.75) is 6.54 Å². The summed E-state index contributed by atoms with van der Waals surface area (Å²) in [7, 11) is -1.62. The van der Waals surface area contributed by atoms with E-state index in [1.807, 2.05) is 0 Å². The Morgan fingerprint density at radius 3 is 2.76 bits per heavy atom. The van der Waals surface area contributed by atoms with Crippen LogP contribution in [0.5, 0.6) is 0 Å². The highest BCUT2D eigenvalue weighted by molar-refractivity contribution is 7.90. The molecule has 1 aromatic heterocycles. The van der Waals surface area contributed by atoms with Gasteiger partial charge in [0, 0.05) is 25.0 Å². The third kappa shape index (κ3) is 5.01. The van der Waals surface area contributed by atoms with Crippen molar-refractivity contribution in [3.63, 3.8) is 0 Å². The Morgan fingerprint density at radius 1 is 1.47 bits per heavy atom. The molecule has 0 bridgehead atoms. The van der Waals surface area contributed by atoms with Gasteiger partial charge in [-0.15, -0.1) is 0 Å². The SMILES string of the molecule is COC(=O)c1ccc(CNCCS(C)(=O)=O)[nH]1. The van der Waals surface area contributed by atoms with Crippen LogP contribution in [0.15, 0.2) is 12.1 Å². The van der Waals surface area contributed by atoms with Crippen LogP contribution in [0.25, 0.3) is 0 Å². The fourth-order valence-electron chi connectivity index (χ4n) is 1.25. The number of aromatic nitrogens is 1. The van der Waals surface area contributed by atoms with Crippen molar-refractivity contribution in [3.8, 4) is 0 Å². The molecule has 0 atom stereocenters. The number of carbonyl (C=O) groups is 1. The number of sulfone groups is 1. The van der Waals surface area contributed by atoms with Crippen LogP contribution >= 0.6 is 0 Å². The number of ether oxygens (including phenoxy) is 1. The first-order valence-electron chi connectivity index (χ1n) is 5.07. The van der Waals surface area contributed by atoms with Gasteiger partial charge in [-0.2, -0.15) is 0 Å². The molecular weight excluding hydrogens is 244 g/mol. The molecule has 1 heterocycles. The number of nitrogens with one attached hydrogen (secondary N) is 2. The van der Waals surface area contributed by atoms with Gasteiger partial charge < -0.3 is 15.0 Å². The van der Waals surface area contributed by atoms with E-state index in [4.69, 9.17) is 0 Å². The van der Waals surface area contributed by atoms with E-state index in [2.05, 4.69) is 15.0 Å². The van der Waals surface area contributed by atoms with Gasteiger partial charge in [-0.1, -0.05) is 0 Å². The number of rotatable bonds is 6. The van der Waals surface area contributed by atoms with Gasteiger partial charge in [-0.25, -0.2) is 13.2 Å². The van der Waals surface area contributed by atoms with Gasteiger partial charge in [0.1, 0.15) is 15.5 Å². The fourth-order valence-corrected chi connectivity index (χ4v) is 1.77. The van der Waals surface area contributed by atoms with Gasteiger partial charge in [0.25, 0.3) is 0 Å². The normalized spacial score (nSPS) is 11.4. The van der Waals surface area contributed by atoms with E-state index >= 15 is 0 Å². The Morgan fingerprint density at radius 2 is 2.18 bits per heavy atom. The maximum atomic E-state index is 11.1. The first-order valence-corrected chi connectivity index (χ1v) is 7.13. The van der Waals surface area contributed by atoms with Gasteiger partial charge in [-0.05, 0) is 12.1 Å². The molecule has 0 aliphatic rings. The first-order chi connectivity index (χ1) is 7.92. The number of methoxy groups -OCH3 is 1. The molecule has 0 aliphatic heterocycles. The lowest BCUT2D eigenvalue weighted by Crippen LogP contribution is -2.22. The Bertz CT molecular complexity index is 478. The van der Waals surface area contributed by atoms with E-state index in [1.165, 1.54) is 13.4 Å². The van der Waals surface area contributed by atoms with Gasteiger partial charge >= 0.3 is 5.97 Å². The van der Waals surface area contributed by atoms with Crippen molar-refractivity contribution in [3.05, 3.63) is 23.5 Å². The zero-order chi connectivity index (χ0) is 12.9. The molecule has 0 fully saturated rings. The first kappa shape index (κ1) is 13.7. The third-order valence-corrected chi connectivity index (χ3v) is 3.06. The lowest BCUT2D eigenvalue weighted by Gasteiger charge is -2.02. The zero-order valence-electron chi connectivity index (χ0n) is 9.82. The third-order valence-electron chi connectivity index (χ3n) is 2.12. The number of H-pyrrole nitrogens is 1. The average Bonchev–Trinajstić information content (AvgIpc) is 2.70. The molecule has 2 N–H and O–H groups in total. The monoisotopic (exact) mass is 260 g/mol. The van der Waals surface area contributed by atoms with Crippen LogP contribution in [-0.2, 0) is 21.1 Å². The molecule has 1 aromatic rings. The van der Waals surface area contributed by atoms with E-state index in [9.17, 15) is 13.2 Å². The molecule has 6 nitrogen and oxygen atoms in total. The van der Waals surface area contributed by atoms with Crippen LogP contribution < -0.4 is 5.32 Å². The van der Waals surface area contributed by atoms with Crippen LogP contribution in [0.1, 0.15) is 16.2 Å². The number of hydrogen-bond donors (Lipinski definition) is 2. The molecule has 0 amide bonds. The average molecular weight is 260 g/mol. The van der Waals surface area contributed by atoms with Crippen LogP contribution in [0, 0.1) is 0 Å². The summed E-state index contributed by atoms with van der Waals surface area (Å²) in [5.74, 6) is -0.329. The molecule has 0 saturated heterocycles. The number of hydrogen-bond acceptors (Lipinski definition) is 5. The lowest BCUT2D eigenvalue weighted by atomic mass is 10.4. The van der Waals surface area contributed by atoms with Crippen molar-refractivity contribution in [1.82, 2.24) is 10.3 Å². The summed E-state index contributed by atoms with van der Waals surface area (Å²) in [4.78, 5) is 14.0. The maximum absolute atomic E-state index is 11.1. The fraction of sp³-hybridized carbons (Fsp3) is 0.500. The molecule has 0 aliphatic carbocycles. The van der Waals surface area contributed by atoms with Crippen LogP contribution in [0.4, 0.5) is 0 Å². The quantitative estimate of drug-likeness (QED) is 0.552. The Labute approximate surface area is 100 Å². The predicted octanol–water partition coefficient (Wildman–Crippen LogP) is -0.0645. The molecule has 0 saturated carbocycles. The highest BCUT2D eigenvalue weighted by atomic mass is 32.2. The van der Waals surface area contributed by atoms with Crippen molar-refractivity contribution in [2.24, 2.45) is 0 Å². The molecule has 96 valence electrons. The molecule has 0 aromatic carbocycles. The second-order valence-corrected chi connectivity index (χ2v) is 5.96. The minimum Gasteiger partial charge on any atom is -0.464 e. The summed E-state index contributed by atoms with van der Waals surface area (Å²) in [5.41, 5.74) is 1.19. The largest absolute Gasteiger partial charge is 0.464 e. The minimum absolute atomic E-state index is 0.0948. The highest BCUT2D eigenvalue weighted by Gasteiger charge is 2.07. The summed E-state index contributed by atoms with van der Waals surface area (Å²) in [6, 6.07) is 3.37. The summed E-state index contributed by atoms with van der Waals surface area (Å²) < 4.78 is 26.3. The minimum atomic E-state index is -2.94. The van der Waals surface area contributed by atoms with Gasteiger partial charge in [-0.3, -0.25) is 0 Å². The molecule has 17 heavy (non-hydrogen) atoms. The molecule has 0 radical (unpaired) electrons. The van der Waals surface area contributed by atoms with Crippen LogP contribution in [0.2, 0.25) is 0 Å². The molecule has 0 spiro atoms. The van der Waals surface area contributed by atoms with Crippen molar-refractivity contribution < 1.29 is 17.9 Å². The van der Waals surface area contributed by atoms with E-state index in [0.717, 1.165) is 5.69 Å². The van der Waals surface area contributed by atoms with E-state index in [0.29, 0.717) is 18.8 Å². The van der Waals surface area contributed by atoms with Crippen molar-refractivity contribution in [2.75, 3.05) is 25.7 Å². The maximum Gasteiger partial charge on any atom is 0.354 e. The van der Waals surface area contributed by atoms with Crippen LogP contribution in [0.3, 0.4) is 0 Å². The second-order valence-electron chi connectivity index (χ2n) is 3.70. The highest BCUT2D eigenvalue weighted by Crippen LogP contribution is 2.02. The number of esters is 1. The lowest BCUT2D eigenvalue weighted by molar-refractivity contribution is 0.0594. The van der Waals surface area contributed by atoms with E-state index in [-0.39, 0.29) is 5.75 Å². The second kappa shape index (κ2) is 5.83. The predicted molar refractivity (Wildman–Crippen MR) is 63.5 cm³/mol. The molecule has 0 unspecified atom stereocenters. The summed E-state index contributed by atoms with van der Waals surface area (Å²) in [5, 5.41) is 2.97. The topological polar surface area (TPSA) is 88.3 Å². The molecule has 7 heteroatoms. The Balaban J connectivity index is 2.38. The van der Waals surface area contributed by atoms with Crippen molar-refractivity contribution in [1.29, 1.82) is 0 Å². The summed E-state index contributed by atoms with van der Waals surface area (Å²) >= 11 is 0. The molecular formula is C10H16N2O4S. The van der Waals surface area contributed by atoms with Crippen LogP contribution in [-0.4, -0.2) is 45.0 Å². The van der Waals surface area contributed by atoms with E-state index < -0.39 is 15.8 Å². The van der Waals surface area contributed by atoms with Gasteiger partial charge in [0.15, 0.2) is 0 Å². The smallest absolute Gasteiger partial charge is 0.354 e. The standard InChI is InChI=1S/C10H16N2O4S/c1-16-10(13)9-4-3-8(12-9)7-11-5-6-17(2,14)15/h3-4,11-12H,5-7H2,1-2H3. The van der Waals surface area contributed by atoms with E-state index in [1.54, 1.807) is 12.1 Å².